The fraction of sp³-hybridized carbons (Fsp3) is 0.269. The third-order valence-electron chi connectivity index (χ3n) is 7.05. The largest absolute Gasteiger partial charge is 0.384 e. The standard InChI is InChI=1S/C26H23N5O4/c1-14-8-9-15(31(34)35)10-19(14)30-20-11-25(2,3)12-21(32)22(20)26(17(13-27)23(30)28)16-6-4-5-7-18(16)29-24(26)33/h4-10H,11-12,28H2,1-3H3,(H,29,33). The Hall–Kier alpha value is -4.45. The molecule has 0 radical (unpaired) electrons. The van der Waals surface area contributed by atoms with Crippen molar-refractivity contribution in [3.8, 4) is 6.07 Å². The number of benzene rings is 2. The Balaban J connectivity index is 1.91. The van der Waals surface area contributed by atoms with Crippen LogP contribution in [0.25, 0.3) is 0 Å². The Morgan fingerprint density at radius 3 is 2.57 bits per heavy atom. The minimum Gasteiger partial charge on any atom is -0.384 e. The van der Waals surface area contributed by atoms with E-state index >= 15 is 0 Å². The molecule has 3 N–H and O–H groups in total. The van der Waals surface area contributed by atoms with Gasteiger partial charge in [-0.25, -0.2) is 0 Å². The highest BCUT2D eigenvalue weighted by Gasteiger charge is 2.61. The van der Waals surface area contributed by atoms with Gasteiger partial charge >= 0.3 is 0 Å². The van der Waals surface area contributed by atoms with Crippen molar-refractivity contribution in [2.45, 2.75) is 39.0 Å². The van der Waals surface area contributed by atoms with Crippen molar-refractivity contribution in [3.05, 3.63) is 86.4 Å². The summed E-state index contributed by atoms with van der Waals surface area (Å²) in [4.78, 5) is 40.1. The van der Waals surface area contributed by atoms with E-state index < -0.39 is 21.7 Å². The topological polar surface area (TPSA) is 142 Å². The van der Waals surface area contributed by atoms with Crippen LogP contribution in [0.4, 0.5) is 17.1 Å². The Kier molecular flexibility index (Phi) is 4.64. The highest BCUT2D eigenvalue weighted by Crippen LogP contribution is 2.57. The molecule has 0 bridgehead atoms. The van der Waals surface area contributed by atoms with Crippen LogP contribution >= 0.6 is 0 Å². The third-order valence-corrected chi connectivity index (χ3v) is 7.05. The van der Waals surface area contributed by atoms with Crippen molar-refractivity contribution in [2.75, 3.05) is 10.2 Å². The van der Waals surface area contributed by atoms with Crippen LogP contribution in [0.3, 0.4) is 0 Å². The summed E-state index contributed by atoms with van der Waals surface area (Å²) in [6, 6.07) is 13.5. The number of ketones is 1. The lowest BCUT2D eigenvalue weighted by Crippen LogP contribution is -2.52. The number of nitro benzene ring substituents is 1. The Morgan fingerprint density at radius 2 is 1.89 bits per heavy atom. The van der Waals surface area contributed by atoms with E-state index in [0.717, 1.165) is 0 Å². The van der Waals surface area contributed by atoms with E-state index in [1.165, 1.54) is 12.1 Å². The van der Waals surface area contributed by atoms with Crippen LogP contribution in [0, 0.1) is 33.8 Å². The molecule has 2 aromatic rings. The normalized spacial score (nSPS) is 22.6. The number of para-hydroxylation sites is 1. The van der Waals surface area contributed by atoms with Gasteiger partial charge in [-0.3, -0.25) is 24.6 Å². The van der Waals surface area contributed by atoms with E-state index in [-0.39, 0.29) is 34.9 Å². The quantitative estimate of drug-likeness (QED) is 0.501. The lowest BCUT2D eigenvalue weighted by molar-refractivity contribution is -0.384. The number of nitrogens with two attached hydrogens (primary N) is 1. The number of nitrogens with one attached hydrogen (secondary N) is 1. The van der Waals surface area contributed by atoms with Crippen molar-refractivity contribution in [3.63, 3.8) is 0 Å². The molecule has 2 aliphatic heterocycles. The van der Waals surface area contributed by atoms with Gasteiger partial charge in [0.1, 0.15) is 17.3 Å². The van der Waals surface area contributed by atoms with Crippen molar-refractivity contribution in [2.24, 2.45) is 11.1 Å². The molecular weight excluding hydrogens is 446 g/mol. The van der Waals surface area contributed by atoms with E-state index in [1.54, 1.807) is 42.2 Å². The molecule has 35 heavy (non-hydrogen) atoms. The molecule has 0 saturated heterocycles. The number of anilines is 2. The zero-order valence-corrected chi connectivity index (χ0v) is 19.5. The smallest absolute Gasteiger partial charge is 0.271 e. The van der Waals surface area contributed by atoms with Crippen molar-refractivity contribution in [1.82, 2.24) is 0 Å². The summed E-state index contributed by atoms with van der Waals surface area (Å²) in [5.74, 6) is -0.780. The Morgan fingerprint density at radius 1 is 1.17 bits per heavy atom. The second-order valence-electron chi connectivity index (χ2n) is 9.95. The molecule has 9 nitrogen and oxygen atoms in total. The summed E-state index contributed by atoms with van der Waals surface area (Å²) in [6.45, 7) is 5.67. The molecule has 0 aromatic heterocycles. The molecule has 1 spiro atoms. The molecular formula is C26H23N5O4. The zero-order chi connectivity index (χ0) is 25.3. The van der Waals surface area contributed by atoms with E-state index in [9.17, 15) is 25.0 Å². The van der Waals surface area contributed by atoms with Gasteiger partial charge in [-0.05, 0) is 30.4 Å². The number of allylic oxidation sites excluding steroid dienone is 1. The summed E-state index contributed by atoms with van der Waals surface area (Å²) >= 11 is 0. The predicted octanol–water partition coefficient (Wildman–Crippen LogP) is 3.95. The minimum atomic E-state index is -1.68. The summed E-state index contributed by atoms with van der Waals surface area (Å²) in [5.41, 5.74) is 7.08. The van der Waals surface area contributed by atoms with Crippen molar-refractivity contribution in [1.29, 1.82) is 5.26 Å². The molecule has 2 heterocycles. The fourth-order valence-corrected chi connectivity index (χ4v) is 5.60. The number of fused-ring (bicyclic) bond motifs is 3. The first kappa shape index (κ1) is 22.3. The molecule has 9 heteroatoms. The summed E-state index contributed by atoms with van der Waals surface area (Å²) < 4.78 is 0. The average molecular weight is 470 g/mol. The number of rotatable bonds is 2. The van der Waals surface area contributed by atoms with Crippen LogP contribution in [-0.4, -0.2) is 16.6 Å². The van der Waals surface area contributed by atoms with Crippen LogP contribution in [-0.2, 0) is 15.0 Å². The maximum absolute atomic E-state index is 13.8. The molecule has 176 valence electrons. The highest BCUT2D eigenvalue weighted by molar-refractivity contribution is 6.20. The third kappa shape index (κ3) is 2.93. The molecule has 1 unspecified atom stereocenters. The van der Waals surface area contributed by atoms with E-state index in [2.05, 4.69) is 11.4 Å². The maximum Gasteiger partial charge on any atom is 0.271 e. The van der Waals surface area contributed by atoms with Gasteiger partial charge in [0.05, 0.1) is 16.2 Å². The van der Waals surface area contributed by atoms with E-state index in [4.69, 9.17) is 5.73 Å². The lowest BCUT2D eigenvalue weighted by Gasteiger charge is -2.47. The zero-order valence-electron chi connectivity index (χ0n) is 19.5. The van der Waals surface area contributed by atoms with Crippen LogP contribution in [0.5, 0.6) is 0 Å². The first-order valence-electron chi connectivity index (χ1n) is 11.2. The van der Waals surface area contributed by atoms with Crippen LogP contribution in [0.2, 0.25) is 0 Å². The van der Waals surface area contributed by atoms with Crippen molar-refractivity contribution >= 4 is 28.8 Å². The number of hydrogen-bond acceptors (Lipinski definition) is 7. The van der Waals surface area contributed by atoms with Gasteiger partial charge in [0.15, 0.2) is 5.78 Å². The van der Waals surface area contributed by atoms with Gasteiger partial charge in [-0.2, -0.15) is 5.26 Å². The predicted molar refractivity (Wildman–Crippen MR) is 129 cm³/mol. The Bertz CT molecular complexity index is 1460. The average Bonchev–Trinajstić information content (AvgIpc) is 3.06. The Labute approximate surface area is 201 Å². The van der Waals surface area contributed by atoms with Gasteiger partial charge < -0.3 is 11.1 Å². The molecule has 1 aliphatic carbocycles. The molecule has 0 fully saturated rings. The van der Waals surface area contributed by atoms with E-state index in [0.29, 0.717) is 34.6 Å². The number of amides is 1. The number of nitrogens with zero attached hydrogens (tertiary/aromatic N) is 3. The monoisotopic (exact) mass is 469 g/mol. The fourth-order valence-electron chi connectivity index (χ4n) is 5.60. The van der Waals surface area contributed by atoms with E-state index in [1.807, 2.05) is 13.8 Å². The van der Waals surface area contributed by atoms with Gasteiger partial charge in [-0.1, -0.05) is 38.1 Å². The summed E-state index contributed by atoms with van der Waals surface area (Å²) in [7, 11) is 0. The number of carbonyl (C=O) groups is 2. The first-order valence-corrected chi connectivity index (χ1v) is 11.2. The minimum absolute atomic E-state index is 0.0211. The number of non-ortho nitro benzene ring substituents is 1. The molecule has 0 saturated carbocycles. The van der Waals surface area contributed by atoms with Crippen LogP contribution in [0.15, 0.2) is 65.1 Å². The second kappa shape index (κ2) is 7.27. The summed E-state index contributed by atoms with van der Waals surface area (Å²) in [5, 5.41) is 24.7. The van der Waals surface area contributed by atoms with Gasteiger partial charge in [-0.15, -0.1) is 0 Å². The van der Waals surface area contributed by atoms with Crippen LogP contribution < -0.4 is 16.0 Å². The van der Waals surface area contributed by atoms with Gasteiger partial charge in [0, 0.05) is 41.1 Å². The number of carbonyl (C=O) groups excluding carboxylic acids is 2. The number of nitro groups is 1. The van der Waals surface area contributed by atoms with Crippen LogP contribution in [0.1, 0.15) is 37.8 Å². The molecule has 2 aromatic carbocycles. The highest BCUT2D eigenvalue weighted by atomic mass is 16.6. The number of nitriles is 1. The van der Waals surface area contributed by atoms with Gasteiger partial charge in [0.25, 0.3) is 5.69 Å². The molecule has 1 amide bonds. The molecule has 5 rings (SSSR count). The first-order chi connectivity index (χ1) is 16.5. The van der Waals surface area contributed by atoms with Crippen molar-refractivity contribution < 1.29 is 14.5 Å². The molecule has 3 aliphatic rings. The number of aryl methyl sites for hydroxylation is 1. The number of hydrogen-bond donors (Lipinski definition) is 2. The number of Topliss-reactive ketones (excluding diaryl/α,β-unsaturated/α-hetero) is 1. The maximum atomic E-state index is 13.8. The second-order valence-corrected chi connectivity index (χ2v) is 9.95. The van der Waals surface area contributed by atoms with Gasteiger partial charge in [0.2, 0.25) is 5.91 Å². The molecule has 1 atom stereocenters. The lowest BCUT2D eigenvalue weighted by atomic mass is 9.60. The summed E-state index contributed by atoms with van der Waals surface area (Å²) in [6.07, 6.45) is 0.566. The SMILES string of the molecule is Cc1ccc([N+](=O)[O-])cc1N1C(N)=C(C#N)C2(C(=O)Nc3ccccc32)C2=C1CC(C)(C)CC2=O.